The van der Waals surface area contributed by atoms with Crippen molar-refractivity contribution in [2.24, 2.45) is 11.8 Å². The third kappa shape index (κ3) is 3.56. The molecule has 0 saturated heterocycles. The molecular formula is C24H28O4. The zero-order valence-electron chi connectivity index (χ0n) is 17.0. The van der Waals surface area contributed by atoms with Gasteiger partial charge in [-0.05, 0) is 35.1 Å². The maximum absolute atomic E-state index is 12.7. The van der Waals surface area contributed by atoms with Crippen LogP contribution in [0.25, 0.3) is 0 Å². The molecule has 0 bridgehead atoms. The molecule has 3 rings (SSSR count). The van der Waals surface area contributed by atoms with Crippen molar-refractivity contribution in [1.29, 1.82) is 0 Å². The summed E-state index contributed by atoms with van der Waals surface area (Å²) >= 11 is 0. The van der Waals surface area contributed by atoms with Gasteiger partial charge in [-0.15, -0.1) is 0 Å². The van der Waals surface area contributed by atoms with Crippen LogP contribution in [0.2, 0.25) is 0 Å². The fourth-order valence-corrected chi connectivity index (χ4v) is 4.39. The quantitative estimate of drug-likeness (QED) is 0.702. The van der Waals surface area contributed by atoms with Gasteiger partial charge in [0.2, 0.25) is 0 Å². The summed E-state index contributed by atoms with van der Waals surface area (Å²) in [6.07, 6.45) is 1.89. The van der Waals surface area contributed by atoms with E-state index in [9.17, 15) is 9.59 Å². The molecule has 0 aliphatic heterocycles. The van der Waals surface area contributed by atoms with Gasteiger partial charge in [0.25, 0.3) is 0 Å². The minimum Gasteiger partial charge on any atom is -0.469 e. The van der Waals surface area contributed by atoms with Crippen molar-refractivity contribution >= 4 is 11.9 Å². The normalized spacial score (nSPS) is 23.6. The van der Waals surface area contributed by atoms with E-state index in [1.165, 1.54) is 25.3 Å². The average Bonchev–Trinajstić information content (AvgIpc) is 2.73. The van der Waals surface area contributed by atoms with Crippen molar-refractivity contribution < 1.29 is 19.1 Å². The predicted molar refractivity (Wildman–Crippen MR) is 108 cm³/mol. The van der Waals surface area contributed by atoms with Gasteiger partial charge in [-0.2, -0.15) is 0 Å². The number of methoxy groups -OCH3 is 2. The van der Waals surface area contributed by atoms with Crippen LogP contribution >= 0.6 is 0 Å². The van der Waals surface area contributed by atoms with Crippen LogP contribution in [0.3, 0.4) is 0 Å². The smallest absolute Gasteiger partial charge is 0.309 e. The summed E-state index contributed by atoms with van der Waals surface area (Å²) in [5.74, 6) is -1.88. The molecule has 148 valence electrons. The van der Waals surface area contributed by atoms with Gasteiger partial charge in [0.1, 0.15) is 0 Å². The number of aryl methyl sites for hydroxylation is 2. The highest BCUT2D eigenvalue weighted by atomic mass is 16.5. The van der Waals surface area contributed by atoms with Crippen LogP contribution in [-0.2, 0) is 31.9 Å². The van der Waals surface area contributed by atoms with Gasteiger partial charge in [0.15, 0.2) is 0 Å². The Hall–Kier alpha value is -2.62. The summed E-state index contributed by atoms with van der Waals surface area (Å²) in [6.45, 7) is 4.20. The molecule has 1 aliphatic carbocycles. The molecule has 4 nitrogen and oxygen atoms in total. The van der Waals surface area contributed by atoms with Gasteiger partial charge in [-0.25, -0.2) is 0 Å². The molecule has 0 radical (unpaired) electrons. The monoisotopic (exact) mass is 380 g/mol. The maximum atomic E-state index is 12.7. The molecule has 2 aromatic rings. The molecule has 1 aliphatic rings. The average molecular weight is 380 g/mol. The second-order valence-electron chi connectivity index (χ2n) is 7.34. The van der Waals surface area contributed by atoms with Crippen LogP contribution < -0.4 is 0 Å². The van der Waals surface area contributed by atoms with E-state index >= 15 is 0 Å². The molecule has 1 fully saturated rings. The number of benzene rings is 2. The van der Waals surface area contributed by atoms with Crippen molar-refractivity contribution in [2.75, 3.05) is 14.2 Å². The van der Waals surface area contributed by atoms with E-state index < -0.39 is 11.8 Å². The Morgan fingerprint density at radius 3 is 1.25 bits per heavy atom. The van der Waals surface area contributed by atoms with E-state index in [1.807, 2.05) is 24.3 Å². The van der Waals surface area contributed by atoms with Crippen molar-refractivity contribution in [3.8, 4) is 0 Å². The Morgan fingerprint density at radius 1 is 0.679 bits per heavy atom. The molecule has 2 aromatic carbocycles. The lowest BCUT2D eigenvalue weighted by molar-refractivity contribution is -0.164. The van der Waals surface area contributed by atoms with Crippen molar-refractivity contribution in [2.45, 2.75) is 38.5 Å². The molecule has 28 heavy (non-hydrogen) atoms. The van der Waals surface area contributed by atoms with Gasteiger partial charge < -0.3 is 9.47 Å². The summed E-state index contributed by atoms with van der Waals surface area (Å²) in [5, 5.41) is 0. The van der Waals surface area contributed by atoms with Crippen LogP contribution in [0, 0.1) is 11.8 Å². The Morgan fingerprint density at radius 2 is 1.00 bits per heavy atom. The third-order valence-corrected chi connectivity index (χ3v) is 6.04. The van der Waals surface area contributed by atoms with Crippen LogP contribution in [-0.4, -0.2) is 26.2 Å². The summed E-state index contributed by atoms with van der Waals surface area (Å²) in [7, 11) is 2.81. The second-order valence-corrected chi connectivity index (χ2v) is 7.34. The standard InChI is InChI=1S/C24H28O4/c1-5-15-7-11-17(12-8-15)19-21(23(25)27-3)20(22(19)24(26)28-4)18-13-9-16(6-2)10-14-18/h7-14,19-22H,5-6H2,1-4H3. The van der Waals surface area contributed by atoms with Gasteiger partial charge in [-0.1, -0.05) is 62.4 Å². The van der Waals surface area contributed by atoms with Crippen LogP contribution in [0.4, 0.5) is 0 Å². The first kappa shape index (κ1) is 20.1. The van der Waals surface area contributed by atoms with Crippen molar-refractivity contribution in [3.63, 3.8) is 0 Å². The molecular weight excluding hydrogens is 352 g/mol. The zero-order valence-corrected chi connectivity index (χ0v) is 17.0. The number of esters is 2. The molecule has 0 unspecified atom stereocenters. The lowest BCUT2D eigenvalue weighted by atomic mass is 9.52. The highest BCUT2D eigenvalue weighted by Crippen LogP contribution is 2.58. The van der Waals surface area contributed by atoms with E-state index in [4.69, 9.17) is 9.47 Å². The molecule has 0 spiro atoms. The first-order chi connectivity index (χ1) is 13.5. The van der Waals surface area contributed by atoms with Crippen LogP contribution in [0.1, 0.15) is 47.9 Å². The third-order valence-electron chi connectivity index (χ3n) is 6.04. The first-order valence-electron chi connectivity index (χ1n) is 9.89. The second kappa shape index (κ2) is 8.59. The lowest BCUT2D eigenvalue weighted by Gasteiger charge is -2.49. The Labute approximate surface area is 166 Å². The highest BCUT2D eigenvalue weighted by molar-refractivity contribution is 5.85. The number of hydrogen-bond acceptors (Lipinski definition) is 4. The number of ether oxygens (including phenoxy) is 2. The lowest BCUT2D eigenvalue weighted by Crippen LogP contribution is -2.51. The molecule has 4 heteroatoms. The molecule has 0 atom stereocenters. The van der Waals surface area contributed by atoms with Gasteiger partial charge >= 0.3 is 11.9 Å². The number of carbonyl (C=O) groups is 2. The minimum atomic E-state index is -0.408. The summed E-state index contributed by atoms with van der Waals surface area (Å²) < 4.78 is 10.2. The number of hydrogen-bond donors (Lipinski definition) is 0. The Balaban J connectivity index is 2.03. The summed E-state index contributed by atoms with van der Waals surface area (Å²) in [6, 6.07) is 16.3. The minimum absolute atomic E-state index is 0.248. The predicted octanol–water partition coefficient (Wildman–Crippen LogP) is 4.27. The summed E-state index contributed by atoms with van der Waals surface area (Å²) in [5.41, 5.74) is 4.40. The van der Waals surface area contributed by atoms with E-state index in [0.29, 0.717) is 0 Å². The molecule has 1 saturated carbocycles. The van der Waals surface area contributed by atoms with Crippen LogP contribution in [0.5, 0.6) is 0 Å². The Kier molecular flexibility index (Phi) is 6.18. The number of carbonyl (C=O) groups excluding carboxylic acids is 2. The van der Waals surface area contributed by atoms with Crippen molar-refractivity contribution in [1.82, 2.24) is 0 Å². The highest BCUT2D eigenvalue weighted by Gasteiger charge is 2.59. The van der Waals surface area contributed by atoms with Crippen molar-refractivity contribution in [3.05, 3.63) is 70.8 Å². The fourth-order valence-electron chi connectivity index (χ4n) is 4.39. The van der Waals surface area contributed by atoms with E-state index in [2.05, 4.69) is 38.1 Å². The van der Waals surface area contributed by atoms with Crippen LogP contribution in [0.15, 0.2) is 48.5 Å². The van der Waals surface area contributed by atoms with E-state index in [1.54, 1.807) is 0 Å². The molecule has 0 amide bonds. The molecule has 0 N–H and O–H groups in total. The molecule has 0 aromatic heterocycles. The van der Waals surface area contributed by atoms with E-state index in [-0.39, 0.29) is 23.8 Å². The zero-order chi connectivity index (χ0) is 20.3. The SMILES string of the molecule is CCc1ccc(C2C(C(=O)OC)C(c3ccc(CC)cc3)C2C(=O)OC)cc1. The van der Waals surface area contributed by atoms with Gasteiger partial charge in [0.05, 0.1) is 26.1 Å². The fraction of sp³-hybridized carbons (Fsp3) is 0.417. The van der Waals surface area contributed by atoms with Gasteiger partial charge in [0, 0.05) is 11.8 Å². The summed E-state index contributed by atoms with van der Waals surface area (Å²) in [4.78, 5) is 25.4. The largest absolute Gasteiger partial charge is 0.469 e. The Bertz CT molecular complexity index is 743. The maximum Gasteiger partial charge on any atom is 0.309 e. The van der Waals surface area contributed by atoms with Gasteiger partial charge in [-0.3, -0.25) is 9.59 Å². The topological polar surface area (TPSA) is 52.6 Å². The molecule has 0 heterocycles. The number of rotatable bonds is 6. The first-order valence-corrected chi connectivity index (χ1v) is 9.89. The van der Waals surface area contributed by atoms with E-state index in [0.717, 1.165) is 24.0 Å².